The van der Waals surface area contributed by atoms with Gasteiger partial charge in [0.15, 0.2) is 11.6 Å². The molecule has 2 atom stereocenters. The Hall–Kier alpha value is -1.09. The van der Waals surface area contributed by atoms with E-state index < -0.39 is 0 Å². The van der Waals surface area contributed by atoms with Gasteiger partial charge in [-0.3, -0.25) is 0 Å². The van der Waals surface area contributed by atoms with Crippen molar-refractivity contribution in [2.45, 2.75) is 46.1 Å². The lowest BCUT2D eigenvalue weighted by Gasteiger charge is -2.18. The predicted octanol–water partition coefficient (Wildman–Crippen LogP) is 3.79. The van der Waals surface area contributed by atoms with Gasteiger partial charge in [-0.2, -0.15) is 0 Å². The van der Waals surface area contributed by atoms with Crippen LogP contribution in [0.2, 0.25) is 0 Å². The highest BCUT2D eigenvalue weighted by Gasteiger charge is 2.10. The van der Waals surface area contributed by atoms with Crippen molar-refractivity contribution >= 4 is 0 Å². The Balaban J connectivity index is 2.47. The summed E-state index contributed by atoms with van der Waals surface area (Å²) in [6.45, 7) is 7.65. The number of hydrogen-bond acceptors (Lipinski definition) is 2. The van der Waals surface area contributed by atoms with Gasteiger partial charge in [0.25, 0.3) is 0 Å². The number of ether oxygens (including phenoxy) is 1. The molecule has 0 fully saturated rings. The van der Waals surface area contributed by atoms with Crippen molar-refractivity contribution in [3.63, 3.8) is 0 Å². The first-order valence-electron chi connectivity index (χ1n) is 7.12. The Labute approximate surface area is 116 Å². The minimum atomic E-state index is -0.274. The second-order valence-electron chi connectivity index (χ2n) is 5.37. The van der Waals surface area contributed by atoms with E-state index in [1.54, 1.807) is 12.1 Å². The van der Waals surface area contributed by atoms with E-state index in [1.165, 1.54) is 7.11 Å². The molecule has 0 aliphatic carbocycles. The van der Waals surface area contributed by atoms with Crippen LogP contribution < -0.4 is 10.1 Å². The molecule has 0 radical (unpaired) electrons. The zero-order valence-electron chi connectivity index (χ0n) is 12.5. The quantitative estimate of drug-likeness (QED) is 0.773. The van der Waals surface area contributed by atoms with E-state index in [1.807, 2.05) is 6.07 Å². The normalized spacial score (nSPS) is 14.2. The molecule has 1 rings (SSSR count). The van der Waals surface area contributed by atoms with Gasteiger partial charge in [-0.25, -0.2) is 4.39 Å². The molecule has 2 unspecified atom stereocenters. The van der Waals surface area contributed by atoms with Crippen molar-refractivity contribution in [2.24, 2.45) is 5.92 Å². The van der Waals surface area contributed by atoms with Gasteiger partial charge in [0, 0.05) is 6.04 Å². The molecule has 0 saturated carbocycles. The van der Waals surface area contributed by atoms with E-state index in [-0.39, 0.29) is 5.82 Å². The van der Waals surface area contributed by atoms with E-state index >= 15 is 0 Å². The number of hydrogen-bond donors (Lipinski definition) is 1. The van der Waals surface area contributed by atoms with Crippen LogP contribution in [0.5, 0.6) is 5.75 Å². The number of halogens is 1. The van der Waals surface area contributed by atoms with E-state index in [0.717, 1.165) is 31.4 Å². The molecule has 19 heavy (non-hydrogen) atoms. The average molecular weight is 267 g/mol. The maximum absolute atomic E-state index is 13.6. The second kappa shape index (κ2) is 8.16. The van der Waals surface area contributed by atoms with Crippen molar-refractivity contribution in [1.29, 1.82) is 0 Å². The fraction of sp³-hybridized carbons (Fsp3) is 0.625. The Kier molecular flexibility index (Phi) is 6.85. The molecule has 0 spiro atoms. The summed E-state index contributed by atoms with van der Waals surface area (Å²) in [5, 5.41) is 3.48. The van der Waals surface area contributed by atoms with Crippen LogP contribution in [0, 0.1) is 11.7 Å². The second-order valence-corrected chi connectivity index (χ2v) is 5.37. The van der Waals surface area contributed by atoms with Gasteiger partial charge >= 0.3 is 0 Å². The van der Waals surface area contributed by atoms with E-state index in [4.69, 9.17) is 4.74 Å². The van der Waals surface area contributed by atoms with E-state index in [0.29, 0.717) is 17.7 Å². The third-order valence-corrected chi connectivity index (χ3v) is 3.30. The summed E-state index contributed by atoms with van der Waals surface area (Å²) in [5.41, 5.74) is 1.04. The molecule has 108 valence electrons. The molecular weight excluding hydrogens is 241 g/mol. The molecule has 1 aromatic rings. The molecule has 0 aliphatic heterocycles. The molecule has 0 amide bonds. The Morgan fingerprint density at radius 1 is 1.32 bits per heavy atom. The van der Waals surface area contributed by atoms with Crippen molar-refractivity contribution in [3.8, 4) is 5.75 Å². The summed E-state index contributed by atoms with van der Waals surface area (Å²) in [7, 11) is 1.49. The third-order valence-electron chi connectivity index (χ3n) is 3.30. The van der Waals surface area contributed by atoms with Gasteiger partial charge in [0.2, 0.25) is 0 Å². The Morgan fingerprint density at radius 3 is 2.63 bits per heavy atom. The highest BCUT2D eigenvalue weighted by atomic mass is 19.1. The van der Waals surface area contributed by atoms with Gasteiger partial charge in [-0.1, -0.05) is 19.9 Å². The fourth-order valence-corrected chi connectivity index (χ4v) is 2.40. The predicted molar refractivity (Wildman–Crippen MR) is 78.2 cm³/mol. The first kappa shape index (κ1) is 16.0. The Bertz CT molecular complexity index is 381. The first-order chi connectivity index (χ1) is 9.06. The number of rotatable bonds is 8. The lowest BCUT2D eigenvalue weighted by Crippen LogP contribution is -2.28. The van der Waals surface area contributed by atoms with Crippen molar-refractivity contribution in [3.05, 3.63) is 29.6 Å². The van der Waals surface area contributed by atoms with Crippen LogP contribution in [0.3, 0.4) is 0 Å². The minimum absolute atomic E-state index is 0.274. The maximum Gasteiger partial charge on any atom is 0.165 e. The molecule has 2 nitrogen and oxygen atoms in total. The van der Waals surface area contributed by atoms with E-state index in [2.05, 4.69) is 26.1 Å². The number of benzene rings is 1. The van der Waals surface area contributed by atoms with Crippen LogP contribution in [0.15, 0.2) is 18.2 Å². The molecule has 0 aliphatic rings. The van der Waals surface area contributed by atoms with Crippen LogP contribution in [-0.2, 0) is 6.42 Å². The summed E-state index contributed by atoms with van der Waals surface area (Å²) in [6, 6.07) is 5.75. The highest BCUT2D eigenvalue weighted by molar-refractivity contribution is 5.29. The zero-order valence-corrected chi connectivity index (χ0v) is 12.5. The first-order valence-corrected chi connectivity index (χ1v) is 7.12. The third kappa shape index (κ3) is 5.60. The van der Waals surface area contributed by atoms with Crippen LogP contribution in [0.1, 0.15) is 39.2 Å². The summed E-state index contributed by atoms with van der Waals surface area (Å²) in [5.74, 6) is 0.575. The molecule has 1 aromatic carbocycles. The van der Waals surface area contributed by atoms with Crippen LogP contribution in [-0.4, -0.2) is 19.7 Å². The zero-order chi connectivity index (χ0) is 14.3. The molecule has 0 aromatic heterocycles. The largest absolute Gasteiger partial charge is 0.494 e. The SMILES string of the molecule is CCCNC(C)CC(C)Cc1ccc(OC)c(F)c1. The Morgan fingerprint density at radius 2 is 2.05 bits per heavy atom. The minimum Gasteiger partial charge on any atom is -0.494 e. The van der Waals surface area contributed by atoms with Gasteiger partial charge in [-0.05, 0) is 56.3 Å². The maximum atomic E-state index is 13.6. The lowest BCUT2D eigenvalue weighted by molar-refractivity contribution is 0.385. The molecule has 3 heteroatoms. The highest BCUT2D eigenvalue weighted by Crippen LogP contribution is 2.21. The van der Waals surface area contributed by atoms with Gasteiger partial charge in [0.05, 0.1) is 7.11 Å². The summed E-state index contributed by atoms with van der Waals surface area (Å²) >= 11 is 0. The molecule has 0 heterocycles. The molecular formula is C16H26FNO. The summed E-state index contributed by atoms with van der Waals surface area (Å²) in [4.78, 5) is 0. The number of methoxy groups -OCH3 is 1. The monoisotopic (exact) mass is 267 g/mol. The van der Waals surface area contributed by atoms with Gasteiger partial charge in [0.1, 0.15) is 0 Å². The van der Waals surface area contributed by atoms with Crippen LogP contribution in [0.25, 0.3) is 0 Å². The smallest absolute Gasteiger partial charge is 0.165 e. The molecule has 0 saturated heterocycles. The lowest BCUT2D eigenvalue weighted by atomic mass is 9.95. The van der Waals surface area contributed by atoms with Crippen LogP contribution >= 0.6 is 0 Å². The average Bonchev–Trinajstić information content (AvgIpc) is 2.36. The van der Waals surface area contributed by atoms with Crippen LogP contribution in [0.4, 0.5) is 4.39 Å². The summed E-state index contributed by atoms with van der Waals surface area (Å²) in [6.07, 6.45) is 3.16. The fourth-order valence-electron chi connectivity index (χ4n) is 2.40. The number of nitrogens with one attached hydrogen (secondary N) is 1. The summed E-state index contributed by atoms with van der Waals surface area (Å²) < 4.78 is 18.5. The van der Waals surface area contributed by atoms with Crippen molar-refractivity contribution in [1.82, 2.24) is 5.32 Å². The van der Waals surface area contributed by atoms with Crippen molar-refractivity contribution in [2.75, 3.05) is 13.7 Å². The molecule has 1 N–H and O–H groups in total. The van der Waals surface area contributed by atoms with Crippen molar-refractivity contribution < 1.29 is 9.13 Å². The van der Waals surface area contributed by atoms with Gasteiger partial charge in [-0.15, -0.1) is 0 Å². The standard InChI is InChI=1S/C16H26FNO/c1-5-8-18-13(3)9-12(2)10-14-6-7-16(19-4)15(17)11-14/h6-7,11-13,18H,5,8-10H2,1-4H3. The van der Waals surface area contributed by atoms with E-state index in [9.17, 15) is 4.39 Å². The van der Waals surface area contributed by atoms with Gasteiger partial charge < -0.3 is 10.1 Å². The molecule has 0 bridgehead atoms. The topological polar surface area (TPSA) is 21.3 Å².